The fourth-order valence-corrected chi connectivity index (χ4v) is 5.48. The van der Waals surface area contributed by atoms with Crippen molar-refractivity contribution < 1.29 is 4.79 Å². The van der Waals surface area contributed by atoms with E-state index in [0.717, 1.165) is 41.5 Å². The summed E-state index contributed by atoms with van der Waals surface area (Å²) in [4.78, 5) is 31.9. The average Bonchev–Trinajstić information content (AvgIpc) is 3.26. The molecule has 0 spiro atoms. The van der Waals surface area contributed by atoms with E-state index in [2.05, 4.69) is 21.3 Å². The highest BCUT2D eigenvalue weighted by atomic mass is 16.2. The van der Waals surface area contributed by atoms with E-state index in [0.29, 0.717) is 22.3 Å². The van der Waals surface area contributed by atoms with Gasteiger partial charge in [-0.25, -0.2) is 9.50 Å². The zero-order valence-corrected chi connectivity index (χ0v) is 20.2. The molecule has 5 aromatic rings. The molecule has 3 N–H and O–H groups in total. The van der Waals surface area contributed by atoms with Crippen molar-refractivity contribution in [2.75, 3.05) is 5.73 Å². The van der Waals surface area contributed by atoms with Crippen LogP contribution in [0.1, 0.15) is 52.1 Å². The lowest BCUT2D eigenvalue weighted by Gasteiger charge is -2.28. The molecule has 0 saturated heterocycles. The van der Waals surface area contributed by atoms with Crippen molar-refractivity contribution in [2.24, 2.45) is 0 Å². The Balaban J connectivity index is 1.58. The van der Waals surface area contributed by atoms with Gasteiger partial charge in [0.05, 0.1) is 17.1 Å². The molecular formula is C29H24N6O2. The number of nitrogens with one attached hydrogen (secondary N) is 1. The molecule has 182 valence electrons. The highest BCUT2D eigenvalue weighted by Crippen LogP contribution is 2.35. The molecule has 1 atom stereocenters. The van der Waals surface area contributed by atoms with Crippen LogP contribution in [-0.4, -0.2) is 25.1 Å². The molecule has 2 aromatic carbocycles. The molecule has 3 aromatic heterocycles. The summed E-state index contributed by atoms with van der Waals surface area (Å²) in [6.07, 6.45) is 11.7. The van der Waals surface area contributed by atoms with E-state index in [1.54, 1.807) is 23.0 Å². The number of rotatable bonds is 4. The summed E-state index contributed by atoms with van der Waals surface area (Å²) in [5.41, 5.74) is 10.6. The number of fused-ring (bicyclic) bond motifs is 1. The number of anilines is 1. The first kappa shape index (κ1) is 22.6. The van der Waals surface area contributed by atoms with E-state index in [4.69, 9.17) is 12.2 Å². The molecule has 0 radical (unpaired) electrons. The first-order valence-corrected chi connectivity index (χ1v) is 12.1. The van der Waals surface area contributed by atoms with Crippen LogP contribution in [0.2, 0.25) is 0 Å². The fraction of sp³-hybridized carbons (Fsp3) is 0.172. The molecule has 0 aliphatic heterocycles. The molecule has 0 saturated carbocycles. The zero-order chi connectivity index (χ0) is 25.7. The van der Waals surface area contributed by atoms with Crippen molar-refractivity contribution in [3.05, 3.63) is 99.2 Å². The minimum atomic E-state index is -0.529. The summed E-state index contributed by atoms with van der Waals surface area (Å²) in [6.45, 7) is 1.88. The van der Waals surface area contributed by atoms with Crippen LogP contribution in [0.15, 0.2) is 65.7 Å². The number of carbonyl (C=O) groups is 1. The summed E-state index contributed by atoms with van der Waals surface area (Å²) in [6, 6.07) is 14.5. The minimum absolute atomic E-state index is 0.0876. The number of nitrogens with two attached hydrogens (primary N) is 1. The van der Waals surface area contributed by atoms with E-state index in [1.807, 2.05) is 49.4 Å². The Labute approximate surface area is 212 Å². The molecular weight excluding hydrogens is 464 g/mol. The number of nitrogen functional groups attached to an aromatic ring is 1. The molecule has 0 fully saturated rings. The Bertz CT molecular complexity index is 1810. The maximum Gasteiger partial charge on any atom is 0.264 e. The number of aryl methyl sites for hydroxylation is 2. The van der Waals surface area contributed by atoms with Gasteiger partial charge < -0.3 is 11.1 Å². The quantitative estimate of drug-likeness (QED) is 0.376. The number of pyridine rings is 1. The first-order valence-electron chi connectivity index (χ1n) is 12.1. The Kier molecular flexibility index (Phi) is 5.27. The monoisotopic (exact) mass is 488 g/mol. The summed E-state index contributed by atoms with van der Waals surface area (Å²) in [5.74, 6) is 2.38. The van der Waals surface area contributed by atoms with E-state index < -0.39 is 11.9 Å². The Hall–Kier alpha value is -4.90. The third-order valence-corrected chi connectivity index (χ3v) is 7.01. The summed E-state index contributed by atoms with van der Waals surface area (Å²) >= 11 is 0. The van der Waals surface area contributed by atoms with E-state index in [1.165, 1.54) is 4.52 Å². The van der Waals surface area contributed by atoms with Crippen LogP contribution < -0.4 is 16.6 Å². The van der Waals surface area contributed by atoms with Gasteiger partial charge in [0.2, 0.25) is 0 Å². The summed E-state index contributed by atoms with van der Waals surface area (Å²) in [7, 11) is 0. The van der Waals surface area contributed by atoms with Gasteiger partial charge in [0.25, 0.3) is 11.5 Å². The number of hydrogen-bond donors (Lipinski definition) is 2. The Morgan fingerprint density at radius 2 is 1.95 bits per heavy atom. The van der Waals surface area contributed by atoms with Gasteiger partial charge in [0.1, 0.15) is 5.56 Å². The van der Waals surface area contributed by atoms with Crippen molar-refractivity contribution >= 4 is 28.1 Å². The second-order valence-electron chi connectivity index (χ2n) is 9.20. The van der Waals surface area contributed by atoms with Crippen LogP contribution >= 0.6 is 0 Å². The van der Waals surface area contributed by atoms with Crippen LogP contribution in [-0.2, 0) is 12.8 Å². The van der Waals surface area contributed by atoms with Gasteiger partial charge >= 0.3 is 0 Å². The zero-order valence-electron chi connectivity index (χ0n) is 20.2. The van der Waals surface area contributed by atoms with Crippen LogP contribution in [0, 0.1) is 12.3 Å². The van der Waals surface area contributed by atoms with Crippen LogP contribution in [0.25, 0.3) is 22.1 Å². The second kappa shape index (κ2) is 8.64. The van der Waals surface area contributed by atoms with Gasteiger partial charge in [0.15, 0.2) is 11.5 Å². The van der Waals surface area contributed by atoms with Gasteiger partial charge in [-0.05, 0) is 67.0 Å². The fourth-order valence-electron chi connectivity index (χ4n) is 5.48. The molecule has 6 rings (SSSR count). The van der Waals surface area contributed by atoms with E-state index >= 15 is 0 Å². The second-order valence-corrected chi connectivity index (χ2v) is 9.20. The van der Waals surface area contributed by atoms with Crippen LogP contribution in [0.5, 0.6) is 0 Å². The molecule has 8 nitrogen and oxygen atoms in total. The molecule has 1 aliphatic rings. The molecule has 1 amide bonds. The molecule has 0 bridgehead atoms. The lowest BCUT2D eigenvalue weighted by molar-refractivity contribution is 0.0941. The average molecular weight is 489 g/mol. The number of hydrogen-bond acceptors (Lipinski definition) is 5. The lowest BCUT2D eigenvalue weighted by Crippen LogP contribution is -2.34. The molecule has 3 heterocycles. The number of carbonyl (C=O) groups excluding carboxylic acids is 1. The third kappa shape index (κ3) is 3.47. The summed E-state index contributed by atoms with van der Waals surface area (Å²) < 4.78 is 3.17. The topological polar surface area (TPSA) is 107 Å². The van der Waals surface area contributed by atoms with Crippen molar-refractivity contribution in [3.8, 4) is 18.0 Å². The van der Waals surface area contributed by atoms with Crippen molar-refractivity contribution in [3.63, 3.8) is 0 Å². The standard InChI is InChI=1S/C29H24N6O2/c1-3-18-13-14-19-9-7-12-21-22(19)23(18)29(37)35(20-10-5-4-6-11-20)25(21)17(2)32-28(36)24-26(30)33-34-16-8-15-31-27(24)34/h1,4-6,8,10-11,13-17H,7,9,12H2,2H3,(H2,30,33)(H,32,36)/t17-/m0/s1. The predicted molar refractivity (Wildman–Crippen MR) is 143 cm³/mol. The van der Waals surface area contributed by atoms with Crippen molar-refractivity contribution in [1.29, 1.82) is 0 Å². The maximum absolute atomic E-state index is 14.1. The van der Waals surface area contributed by atoms with Gasteiger partial charge in [0, 0.05) is 23.6 Å². The van der Waals surface area contributed by atoms with E-state index in [-0.39, 0.29) is 16.9 Å². The van der Waals surface area contributed by atoms with Gasteiger partial charge in [-0.15, -0.1) is 11.5 Å². The third-order valence-electron chi connectivity index (χ3n) is 7.01. The lowest BCUT2D eigenvalue weighted by atomic mass is 9.85. The number of terminal acetylenes is 1. The number of amides is 1. The number of aromatic nitrogens is 4. The highest BCUT2D eigenvalue weighted by molar-refractivity contribution is 6.04. The van der Waals surface area contributed by atoms with Crippen LogP contribution in [0.4, 0.5) is 5.82 Å². The SMILES string of the molecule is C#Cc1ccc2c3c(c([C@H](C)NC(=O)c4c(N)nn5cccnc45)n(-c4ccccc4)c(=O)c13)CCC2. The number of nitrogens with zero attached hydrogens (tertiary/aromatic N) is 4. The Morgan fingerprint density at radius 1 is 1.14 bits per heavy atom. The minimum Gasteiger partial charge on any atom is -0.381 e. The largest absolute Gasteiger partial charge is 0.381 e. The Morgan fingerprint density at radius 3 is 2.73 bits per heavy atom. The van der Waals surface area contributed by atoms with Gasteiger partial charge in [-0.2, -0.15) is 0 Å². The van der Waals surface area contributed by atoms with Crippen molar-refractivity contribution in [2.45, 2.75) is 32.2 Å². The number of benzene rings is 2. The predicted octanol–water partition coefficient (Wildman–Crippen LogP) is 3.58. The highest BCUT2D eigenvalue weighted by Gasteiger charge is 2.29. The van der Waals surface area contributed by atoms with Crippen molar-refractivity contribution in [1.82, 2.24) is 24.5 Å². The van der Waals surface area contributed by atoms with E-state index in [9.17, 15) is 9.59 Å². The number of para-hydroxylation sites is 1. The summed E-state index contributed by atoms with van der Waals surface area (Å²) in [5, 5.41) is 8.74. The first-order chi connectivity index (χ1) is 18.0. The smallest absolute Gasteiger partial charge is 0.264 e. The molecule has 1 aliphatic carbocycles. The molecule has 37 heavy (non-hydrogen) atoms. The normalized spacial score (nSPS) is 13.4. The molecule has 0 unspecified atom stereocenters. The van der Waals surface area contributed by atoms with Crippen LogP contribution in [0.3, 0.4) is 0 Å². The molecule has 8 heteroatoms. The maximum atomic E-state index is 14.1. The van der Waals surface area contributed by atoms with Gasteiger partial charge in [-0.1, -0.05) is 30.2 Å². The van der Waals surface area contributed by atoms with Gasteiger partial charge in [-0.3, -0.25) is 14.2 Å².